The summed E-state index contributed by atoms with van der Waals surface area (Å²) in [6.07, 6.45) is 8.66. The average molecular weight is 546 g/mol. The van der Waals surface area contributed by atoms with Crippen LogP contribution in [0, 0.1) is 0 Å². The molecule has 0 radical (unpaired) electrons. The van der Waals surface area contributed by atoms with Gasteiger partial charge in [0.25, 0.3) is 0 Å². The van der Waals surface area contributed by atoms with Gasteiger partial charge in [0.05, 0.1) is 0 Å². The fourth-order valence-electron chi connectivity index (χ4n) is 4.76. The maximum Gasteiger partial charge on any atom is 0.408 e. The molecule has 0 bridgehead atoms. The highest BCUT2D eigenvalue weighted by Gasteiger charge is 2.42. The van der Waals surface area contributed by atoms with Crippen molar-refractivity contribution in [3.05, 3.63) is 42.0 Å². The summed E-state index contributed by atoms with van der Waals surface area (Å²) in [7, 11) is 0. The SMILES string of the molecule is C=Cc1cccc(C(C(=O)NC2CCCCC2)N(C(=O)C(CCSC)NC(=O)OC(C)(C)C)C(C)(C)C)c1. The fourth-order valence-corrected chi connectivity index (χ4v) is 5.23. The smallest absolute Gasteiger partial charge is 0.408 e. The zero-order chi connectivity index (χ0) is 28.5. The van der Waals surface area contributed by atoms with Crippen LogP contribution in [0.1, 0.15) is 97.2 Å². The largest absolute Gasteiger partial charge is 0.444 e. The number of thioether (sulfide) groups is 1. The van der Waals surface area contributed by atoms with Crippen molar-refractivity contribution in [2.45, 2.75) is 109 Å². The van der Waals surface area contributed by atoms with Crippen LogP contribution in [0.2, 0.25) is 0 Å². The standard InChI is InChI=1S/C30H47N3O4S/c1-9-21-14-13-15-22(20-21)25(26(34)31-23-16-11-10-12-17-23)33(29(2,3)4)27(35)24(18-19-38-8)32-28(36)37-30(5,6)7/h9,13-15,20,23-25H,1,10-12,16-19H2,2-8H3,(H,31,34)(H,32,36). The number of carbonyl (C=O) groups is 3. The van der Waals surface area contributed by atoms with Gasteiger partial charge in [-0.3, -0.25) is 9.59 Å². The lowest BCUT2D eigenvalue weighted by atomic mass is 9.92. The molecule has 2 rings (SSSR count). The van der Waals surface area contributed by atoms with E-state index in [-0.39, 0.29) is 17.9 Å². The summed E-state index contributed by atoms with van der Waals surface area (Å²) in [4.78, 5) is 42.7. The maximum atomic E-state index is 14.3. The van der Waals surface area contributed by atoms with E-state index in [9.17, 15) is 14.4 Å². The maximum absolute atomic E-state index is 14.3. The average Bonchev–Trinajstić information content (AvgIpc) is 2.83. The van der Waals surface area contributed by atoms with Crippen LogP contribution in [0.5, 0.6) is 0 Å². The van der Waals surface area contributed by atoms with E-state index in [0.29, 0.717) is 17.7 Å². The first kappa shape index (κ1) is 31.7. The Morgan fingerprint density at radius 3 is 2.34 bits per heavy atom. The first-order chi connectivity index (χ1) is 17.8. The second kappa shape index (κ2) is 14.1. The second-order valence-corrected chi connectivity index (χ2v) is 13.0. The highest BCUT2D eigenvalue weighted by Crippen LogP contribution is 2.32. The monoisotopic (exact) mass is 545 g/mol. The van der Waals surface area contributed by atoms with Gasteiger partial charge < -0.3 is 20.3 Å². The number of carbonyl (C=O) groups excluding carboxylic acids is 3. The molecule has 0 aromatic heterocycles. The van der Waals surface area contributed by atoms with Gasteiger partial charge in [0, 0.05) is 11.6 Å². The number of hydrogen-bond donors (Lipinski definition) is 2. The summed E-state index contributed by atoms with van der Waals surface area (Å²) in [6, 6.07) is 5.95. The third-order valence-corrected chi connectivity index (χ3v) is 7.12. The van der Waals surface area contributed by atoms with E-state index in [1.54, 1.807) is 43.5 Å². The van der Waals surface area contributed by atoms with Crippen molar-refractivity contribution in [3.63, 3.8) is 0 Å². The molecule has 1 aromatic carbocycles. The molecular weight excluding hydrogens is 498 g/mol. The molecule has 2 atom stereocenters. The summed E-state index contributed by atoms with van der Waals surface area (Å²) in [5, 5.41) is 6.04. The number of rotatable bonds is 10. The lowest BCUT2D eigenvalue weighted by Gasteiger charge is -2.43. The molecule has 0 spiro atoms. The summed E-state index contributed by atoms with van der Waals surface area (Å²) in [5.41, 5.74) is 0.155. The van der Waals surface area contributed by atoms with Gasteiger partial charge in [-0.1, -0.05) is 50.1 Å². The van der Waals surface area contributed by atoms with Crippen LogP contribution in [0.15, 0.2) is 30.8 Å². The molecule has 3 amide bonds. The van der Waals surface area contributed by atoms with Crippen molar-refractivity contribution in [2.75, 3.05) is 12.0 Å². The third kappa shape index (κ3) is 9.68. The number of alkyl carbamates (subject to hydrolysis) is 1. The quantitative estimate of drug-likeness (QED) is 0.371. The highest BCUT2D eigenvalue weighted by molar-refractivity contribution is 7.98. The first-order valence-electron chi connectivity index (χ1n) is 13.6. The number of benzene rings is 1. The zero-order valence-corrected chi connectivity index (χ0v) is 25.1. The van der Waals surface area contributed by atoms with Crippen LogP contribution >= 0.6 is 11.8 Å². The fraction of sp³-hybridized carbons (Fsp3) is 0.633. The van der Waals surface area contributed by atoms with E-state index in [2.05, 4.69) is 17.2 Å². The van der Waals surface area contributed by atoms with Crippen molar-refractivity contribution >= 4 is 35.7 Å². The predicted molar refractivity (Wildman–Crippen MR) is 157 cm³/mol. The van der Waals surface area contributed by atoms with Crippen molar-refractivity contribution in [1.82, 2.24) is 15.5 Å². The molecule has 1 aliphatic carbocycles. The molecule has 38 heavy (non-hydrogen) atoms. The van der Waals surface area contributed by atoms with Gasteiger partial charge in [0.1, 0.15) is 17.7 Å². The lowest BCUT2D eigenvalue weighted by molar-refractivity contribution is -0.148. The van der Waals surface area contributed by atoms with E-state index in [0.717, 1.165) is 31.2 Å². The Morgan fingerprint density at radius 1 is 1.13 bits per heavy atom. The molecule has 0 aliphatic heterocycles. The third-order valence-electron chi connectivity index (χ3n) is 6.48. The summed E-state index contributed by atoms with van der Waals surface area (Å²) in [5.74, 6) is 0.141. The molecule has 1 aromatic rings. The van der Waals surface area contributed by atoms with Gasteiger partial charge in [-0.25, -0.2) is 4.79 Å². The number of amides is 3. The van der Waals surface area contributed by atoms with E-state index in [4.69, 9.17) is 4.74 Å². The van der Waals surface area contributed by atoms with E-state index in [1.807, 2.05) is 51.3 Å². The topological polar surface area (TPSA) is 87.7 Å². The lowest BCUT2D eigenvalue weighted by Crippen LogP contribution is -2.59. The Kier molecular flexibility index (Phi) is 11.7. The van der Waals surface area contributed by atoms with Crippen molar-refractivity contribution < 1.29 is 19.1 Å². The van der Waals surface area contributed by atoms with Crippen LogP contribution < -0.4 is 10.6 Å². The molecule has 1 fully saturated rings. The molecule has 1 aliphatic rings. The summed E-state index contributed by atoms with van der Waals surface area (Å²) < 4.78 is 5.47. The van der Waals surface area contributed by atoms with Gasteiger partial charge in [-0.15, -0.1) is 0 Å². The molecular formula is C30H47N3O4S. The van der Waals surface area contributed by atoms with Gasteiger partial charge >= 0.3 is 6.09 Å². The molecule has 2 N–H and O–H groups in total. The van der Waals surface area contributed by atoms with Crippen LogP contribution in [0.4, 0.5) is 4.79 Å². The van der Waals surface area contributed by atoms with Crippen LogP contribution in [-0.2, 0) is 14.3 Å². The van der Waals surface area contributed by atoms with E-state index < -0.39 is 29.3 Å². The minimum absolute atomic E-state index is 0.0884. The first-order valence-corrected chi connectivity index (χ1v) is 15.0. The van der Waals surface area contributed by atoms with Gasteiger partial charge in [0.15, 0.2) is 0 Å². The Balaban J connectivity index is 2.53. The minimum atomic E-state index is -0.874. The van der Waals surface area contributed by atoms with Crippen LogP contribution in [0.3, 0.4) is 0 Å². The molecule has 2 unspecified atom stereocenters. The summed E-state index contributed by atoms with van der Waals surface area (Å²) in [6.45, 7) is 15.0. The van der Waals surface area contributed by atoms with Crippen LogP contribution in [-0.4, -0.2) is 58.0 Å². The normalized spacial score (nSPS) is 16.2. The molecule has 7 nitrogen and oxygen atoms in total. The van der Waals surface area contributed by atoms with Crippen LogP contribution in [0.25, 0.3) is 6.08 Å². The Bertz CT molecular complexity index is 961. The highest BCUT2D eigenvalue weighted by atomic mass is 32.2. The Hall–Kier alpha value is -2.48. The van der Waals surface area contributed by atoms with Crippen molar-refractivity contribution in [1.29, 1.82) is 0 Å². The summed E-state index contributed by atoms with van der Waals surface area (Å²) >= 11 is 1.59. The van der Waals surface area contributed by atoms with Crippen molar-refractivity contribution in [3.8, 4) is 0 Å². The van der Waals surface area contributed by atoms with Crippen molar-refractivity contribution in [2.24, 2.45) is 0 Å². The number of nitrogens with zero attached hydrogens (tertiary/aromatic N) is 1. The van der Waals surface area contributed by atoms with Gasteiger partial charge in [-0.2, -0.15) is 11.8 Å². The zero-order valence-electron chi connectivity index (χ0n) is 24.3. The predicted octanol–water partition coefficient (Wildman–Crippen LogP) is 6.09. The molecule has 0 heterocycles. The van der Waals surface area contributed by atoms with E-state index in [1.165, 1.54) is 6.42 Å². The molecule has 8 heteroatoms. The Morgan fingerprint density at radius 2 is 1.79 bits per heavy atom. The number of hydrogen-bond acceptors (Lipinski definition) is 5. The Labute approximate surface area is 233 Å². The molecule has 212 valence electrons. The number of ether oxygens (including phenoxy) is 1. The molecule has 0 saturated heterocycles. The second-order valence-electron chi connectivity index (χ2n) is 12.0. The minimum Gasteiger partial charge on any atom is -0.444 e. The van der Waals surface area contributed by atoms with E-state index >= 15 is 0 Å². The van der Waals surface area contributed by atoms with Gasteiger partial charge in [0.2, 0.25) is 11.8 Å². The molecule has 1 saturated carbocycles. The number of nitrogens with one attached hydrogen (secondary N) is 2. The van der Waals surface area contributed by atoms with Gasteiger partial charge in [-0.05, 0) is 90.0 Å².